The van der Waals surface area contributed by atoms with Crippen LogP contribution in [-0.4, -0.2) is 22.2 Å². The maximum atomic E-state index is 12.4. The number of nitrogens with one attached hydrogen (secondary N) is 1. The monoisotopic (exact) mass is 401 g/mol. The molecule has 7 heteroatoms. The molecule has 0 radical (unpaired) electrons. The van der Waals surface area contributed by atoms with E-state index in [0.717, 1.165) is 5.56 Å². The van der Waals surface area contributed by atoms with Crippen molar-refractivity contribution in [3.8, 4) is 11.3 Å². The summed E-state index contributed by atoms with van der Waals surface area (Å²) in [6, 6.07) is 21.3. The van der Waals surface area contributed by atoms with Crippen molar-refractivity contribution in [2.75, 3.05) is 6.54 Å². The number of hydrogen-bond donors (Lipinski definition) is 1. The van der Waals surface area contributed by atoms with Crippen molar-refractivity contribution >= 4 is 16.9 Å². The summed E-state index contributed by atoms with van der Waals surface area (Å²) in [6.45, 7) is 0.626. The minimum Gasteiger partial charge on any atom is -0.422 e. The molecule has 0 aliphatic heterocycles. The lowest BCUT2D eigenvalue weighted by Gasteiger charge is -2.08. The highest BCUT2D eigenvalue weighted by atomic mass is 16.4. The number of aromatic nitrogens is 2. The van der Waals surface area contributed by atoms with Crippen molar-refractivity contribution < 1.29 is 9.21 Å². The molecule has 0 saturated heterocycles. The fourth-order valence-electron chi connectivity index (χ4n) is 3.12. The van der Waals surface area contributed by atoms with Crippen LogP contribution in [0, 0.1) is 0 Å². The molecule has 0 fully saturated rings. The molecular weight excluding hydrogens is 382 g/mol. The van der Waals surface area contributed by atoms with Gasteiger partial charge in [-0.05, 0) is 24.6 Å². The molecule has 150 valence electrons. The third-order valence-electron chi connectivity index (χ3n) is 4.65. The Hall–Kier alpha value is -4.00. The summed E-state index contributed by atoms with van der Waals surface area (Å²) >= 11 is 0. The minimum atomic E-state index is -0.681. The molecule has 4 aromatic rings. The van der Waals surface area contributed by atoms with Gasteiger partial charge in [0.25, 0.3) is 11.5 Å². The van der Waals surface area contributed by atoms with Crippen LogP contribution in [0.25, 0.3) is 22.2 Å². The van der Waals surface area contributed by atoms with Gasteiger partial charge in [-0.15, -0.1) is 0 Å². The van der Waals surface area contributed by atoms with E-state index in [1.165, 1.54) is 16.8 Å². The van der Waals surface area contributed by atoms with E-state index in [1.807, 2.05) is 30.3 Å². The summed E-state index contributed by atoms with van der Waals surface area (Å²) in [5.74, 6) is -0.507. The number of benzene rings is 2. The van der Waals surface area contributed by atoms with Crippen LogP contribution in [0.3, 0.4) is 0 Å². The zero-order valence-electron chi connectivity index (χ0n) is 16.1. The van der Waals surface area contributed by atoms with E-state index in [0.29, 0.717) is 29.6 Å². The Bertz CT molecular complexity index is 1310. The van der Waals surface area contributed by atoms with E-state index in [1.54, 1.807) is 30.3 Å². The first-order valence-corrected chi connectivity index (χ1v) is 9.56. The summed E-state index contributed by atoms with van der Waals surface area (Å²) in [6.07, 6.45) is 0.482. The molecule has 1 N–H and O–H groups in total. The highest BCUT2D eigenvalue weighted by Gasteiger charge is 2.13. The van der Waals surface area contributed by atoms with Gasteiger partial charge in [0.1, 0.15) is 11.1 Å². The van der Waals surface area contributed by atoms with Crippen LogP contribution in [0.15, 0.2) is 86.8 Å². The maximum Gasteiger partial charge on any atom is 0.349 e. The summed E-state index contributed by atoms with van der Waals surface area (Å²) in [5.41, 5.74) is 1.12. The number of para-hydroxylation sites is 1. The van der Waals surface area contributed by atoms with Gasteiger partial charge in [-0.2, -0.15) is 5.10 Å². The average molecular weight is 401 g/mol. The van der Waals surface area contributed by atoms with Gasteiger partial charge in [-0.25, -0.2) is 9.48 Å². The van der Waals surface area contributed by atoms with E-state index in [-0.39, 0.29) is 17.7 Å². The SMILES string of the molecule is O=C(NCCCn1nc(-c2ccccc2)ccc1=O)c1cc2ccccc2oc1=O. The Morgan fingerprint density at radius 1 is 0.967 bits per heavy atom. The van der Waals surface area contributed by atoms with E-state index < -0.39 is 11.5 Å². The molecule has 0 aliphatic rings. The van der Waals surface area contributed by atoms with Crippen LogP contribution in [0.1, 0.15) is 16.8 Å². The number of carbonyl (C=O) groups excluding carboxylic acids is 1. The first-order valence-electron chi connectivity index (χ1n) is 9.56. The molecule has 0 aliphatic carbocycles. The van der Waals surface area contributed by atoms with Crippen LogP contribution in [0.4, 0.5) is 0 Å². The van der Waals surface area contributed by atoms with Crippen molar-refractivity contribution in [2.45, 2.75) is 13.0 Å². The number of carbonyl (C=O) groups is 1. The standard InChI is InChI=1S/C23H19N3O4/c27-21-12-11-19(16-7-2-1-3-8-16)25-26(21)14-6-13-24-22(28)18-15-17-9-4-5-10-20(17)30-23(18)29/h1-5,7-12,15H,6,13-14H2,(H,24,28). The Labute approximate surface area is 171 Å². The van der Waals surface area contributed by atoms with E-state index in [4.69, 9.17) is 4.42 Å². The van der Waals surface area contributed by atoms with E-state index in [9.17, 15) is 14.4 Å². The zero-order valence-corrected chi connectivity index (χ0v) is 16.1. The summed E-state index contributed by atoms with van der Waals surface area (Å²) in [5, 5.41) is 7.77. The van der Waals surface area contributed by atoms with Crippen LogP contribution in [-0.2, 0) is 6.54 Å². The smallest absolute Gasteiger partial charge is 0.349 e. The first kappa shape index (κ1) is 19.3. The third kappa shape index (κ3) is 4.20. The molecule has 0 spiro atoms. The molecule has 0 atom stereocenters. The van der Waals surface area contributed by atoms with Gasteiger partial charge in [0.05, 0.1) is 5.69 Å². The Balaban J connectivity index is 1.40. The van der Waals surface area contributed by atoms with Gasteiger partial charge in [-0.1, -0.05) is 48.5 Å². The predicted molar refractivity (Wildman–Crippen MR) is 113 cm³/mol. The van der Waals surface area contributed by atoms with Crippen LogP contribution in [0.2, 0.25) is 0 Å². The van der Waals surface area contributed by atoms with Crippen molar-refractivity contribution in [1.29, 1.82) is 0 Å². The molecular formula is C23H19N3O4. The molecule has 2 aromatic heterocycles. The summed E-state index contributed by atoms with van der Waals surface area (Å²) < 4.78 is 6.56. The first-order chi connectivity index (χ1) is 14.6. The molecule has 30 heavy (non-hydrogen) atoms. The summed E-state index contributed by atoms with van der Waals surface area (Å²) in [4.78, 5) is 36.5. The van der Waals surface area contributed by atoms with Gasteiger partial charge >= 0.3 is 5.63 Å². The lowest BCUT2D eigenvalue weighted by atomic mass is 10.1. The topological polar surface area (TPSA) is 94.2 Å². The normalized spacial score (nSPS) is 10.8. The Morgan fingerprint density at radius 3 is 2.57 bits per heavy atom. The second kappa shape index (κ2) is 8.57. The molecule has 2 aromatic carbocycles. The number of rotatable bonds is 6. The van der Waals surface area contributed by atoms with Gasteiger partial charge in [-0.3, -0.25) is 9.59 Å². The fraction of sp³-hybridized carbons (Fsp3) is 0.130. The minimum absolute atomic E-state index is 0.0462. The Kier molecular flexibility index (Phi) is 5.52. The van der Waals surface area contributed by atoms with Gasteiger partial charge in [0, 0.05) is 30.1 Å². The molecule has 0 unspecified atom stereocenters. The number of fused-ring (bicyclic) bond motifs is 1. The largest absolute Gasteiger partial charge is 0.422 e. The van der Waals surface area contributed by atoms with Crippen molar-refractivity contribution in [3.05, 3.63) is 99.1 Å². The number of amides is 1. The number of hydrogen-bond acceptors (Lipinski definition) is 5. The molecule has 0 bridgehead atoms. The second-order valence-electron chi connectivity index (χ2n) is 6.74. The van der Waals surface area contributed by atoms with Gasteiger partial charge < -0.3 is 9.73 Å². The molecule has 7 nitrogen and oxygen atoms in total. The summed E-state index contributed by atoms with van der Waals surface area (Å²) in [7, 11) is 0. The molecule has 4 rings (SSSR count). The van der Waals surface area contributed by atoms with Gasteiger partial charge in [0.2, 0.25) is 0 Å². The second-order valence-corrected chi connectivity index (χ2v) is 6.74. The van der Waals surface area contributed by atoms with Crippen LogP contribution < -0.4 is 16.5 Å². The fourth-order valence-corrected chi connectivity index (χ4v) is 3.12. The van der Waals surface area contributed by atoms with Crippen LogP contribution >= 0.6 is 0 Å². The molecule has 2 heterocycles. The highest BCUT2D eigenvalue weighted by molar-refractivity contribution is 5.96. The van der Waals surface area contributed by atoms with Crippen molar-refractivity contribution in [2.24, 2.45) is 0 Å². The van der Waals surface area contributed by atoms with Crippen molar-refractivity contribution in [1.82, 2.24) is 15.1 Å². The Morgan fingerprint density at radius 2 is 1.73 bits per heavy atom. The van der Waals surface area contributed by atoms with Crippen LogP contribution in [0.5, 0.6) is 0 Å². The van der Waals surface area contributed by atoms with Gasteiger partial charge in [0.15, 0.2) is 0 Å². The zero-order chi connectivity index (χ0) is 20.9. The highest BCUT2D eigenvalue weighted by Crippen LogP contribution is 2.14. The quantitative estimate of drug-likeness (QED) is 0.396. The van der Waals surface area contributed by atoms with E-state index in [2.05, 4.69) is 10.4 Å². The number of aryl methyl sites for hydroxylation is 1. The maximum absolute atomic E-state index is 12.4. The lowest BCUT2D eigenvalue weighted by molar-refractivity contribution is 0.0949. The number of nitrogens with zero attached hydrogens (tertiary/aromatic N) is 2. The predicted octanol–water partition coefficient (Wildman–Crippen LogP) is 2.84. The molecule has 1 amide bonds. The molecule has 0 saturated carbocycles. The van der Waals surface area contributed by atoms with E-state index >= 15 is 0 Å². The average Bonchev–Trinajstić information content (AvgIpc) is 2.77. The third-order valence-corrected chi connectivity index (χ3v) is 4.65. The lowest BCUT2D eigenvalue weighted by Crippen LogP contribution is -2.30. The van der Waals surface area contributed by atoms with Crippen molar-refractivity contribution in [3.63, 3.8) is 0 Å².